The Morgan fingerprint density at radius 2 is 2.08 bits per heavy atom. The molecule has 140 valence electrons. The molecule has 2 aromatic rings. The summed E-state index contributed by atoms with van der Waals surface area (Å²) in [7, 11) is -3.55. The summed E-state index contributed by atoms with van der Waals surface area (Å²) >= 11 is 1.32. The van der Waals surface area contributed by atoms with Crippen LogP contribution >= 0.6 is 11.3 Å². The van der Waals surface area contributed by atoms with Crippen molar-refractivity contribution in [1.29, 1.82) is 0 Å². The molecule has 26 heavy (non-hydrogen) atoms. The van der Waals surface area contributed by atoms with Crippen LogP contribution in [-0.2, 0) is 14.8 Å². The van der Waals surface area contributed by atoms with Crippen LogP contribution in [0.15, 0.2) is 29.2 Å². The molecule has 1 aromatic carbocycles. The largest absolute Gasteiger partial charge is 0.462 e. The summed E-state index contributed by atoms with van der Waals surface area (Å²) in [5.74, 6) is -0.366. The molecule has 6 nitrogen and oxygen atoms in total. The van der Waals surface area contributed by atoms with Crippen LogP contribution in [0.4, 0.5) is 0 Å². The quantitative estimate of drug-likeness (QED) is 0.807. The number of sulfonamides is 1. The Hall–Kier alpha value is -1.48. The van der Waals surface area contributed by atoms with Crippen LogP contribution in [0.2, 0.25) is 0 Å². The second-order valence-electron chi connectivity index (χ2n) is 6.74. The molecule has 0 saturated carbocycles. The monoisotopic (exact) mass is 394 g/mol. The Kier molecular flexibility index (Phi) is 4.77. The van der Waals surface area contributed by atoms with E-state index in [4.69, 9.17) is 4.74 Å². The lowest BCUT2D eigenvalue weighted by Gasteiger charge is -2.26. The van der Waals surface area contributed by atoms with Crippen LogP contribution in [0.3, 0.4) is 0 Å². The molecule has 1 N–H and O–H groups in total. The normalized spacial score (nSPS) is 23.9. The minimum atomic E-state index is -3.55. The van der Waals surface area contributed by atoms with Gasteiger partial charge in [-0.3, -0.25) is 0 Å². The fraction of sp³-hybridized carbons (Fsp3) is 0.500. The van der Waals surface area contributed by atoms with E-state index in [2.05, 4.69) is 5.32 Å². The lowest BCUT2D eigenvalue weighted by atomic mass is 10.1. The summed E-state index contributed by atoms with van der Waals surface area (Å²) in [5.41, 5.74) is 0. The maximum absolute atomic E-state index is 13.3. The zero-order chi connectivity index (χ0) is 18.3. The highest BCUT2D eigenvalue weighted by atomic mass is 32.2. The fourth-order valence-electron chi connectivity index (χ4n) is 3.94. The smallest absolute Gasteiger partial charge is 0.348 e. The van der Waals surface area contributed by atoms with Gasteiger partial charge in [-0.2, -0.15) is 4.31 Å². The van der Waals surface area contributed by atoms with Gasteiger partial charge >= 0.3 is 5.97 Å². The molecular weight excluding hydrogens is 372 g/mol. The van der Waals surface area contributed by atoms with Crippen LogP contribution in [-0.4, -0.2) is 50.5 Å². The number of hydrogen-bond acceptors (Lipinski definition) is 6. The molecule has 2 bridgehead atoms. The highest BCUT2D eigenvalue weighted by molar-refractivity contribution is 7.89. The van der Waals surface area contributed by atoms with Crippen molar-refractivity contribution in [1.82, 2.24) is 9.62 Å². The SMILES string of the molecule is CCOC(=O)c1cc2cc(S(=O)(=O)N3C4CCNCC3CC4)ccc2s1. The van der Waals surface area contributed by atoms with Gasteiger partial charge in [-0.25, -0.2) is 13.2 Å². The molecule has 2 saturated heterocycles. The third kappa shape index (κ3) is 3.05. The molecule has 2 unspecified atom stereocenters. The summed E-state index contributed by atoms with van der Waals surface area (Å²) in [4.78, 5) is 12.7. The Morgan fingerprint density at radius 3 is 2.88 bits per heavy atom. The molecule has 2 atom stereocenters. The topological polar surface area (TPSA) is 75.7 Å². The van der Waals surface area contributed by atoms with Crippen molar-refractivity contribution in [2.45, 2.75) is 43.2 Å². The molecular formula is C18H22N2O4S2. The van der Waals surface area contributed by atoms with Crippen molar-refractivity contribution in [3.8, 4) is 0 Å². The van der Waals surface area contributed by atoms with Gasteiger partial charge in [-0.05, 0) is 62.4 Å². The molecule has 4 rings (SSSR count). The van der Waals surface area contributed by atoms with E-state index in [1.807, 2.05) is 0 Å². The molecule has 2 aliphatic heterocycles. The number of hydrogen-bond donors (Lipinski definition) is 1. The van der Waals surface area contributed by atoms with E-state index >= 15 is 0 Å². The van der Waals surface area contributed by atoms with Gasteiger partial charge in [0.15, 0.2) is 0 Å². The average Bonchev–Trinajstić information content (AvgIpc) is 3.14. The molecule has 0 amide bonds. The summed E-state index contributed by atoms with van der Waals surface area (Å²) < 4.78 is 34.2. The number of rotatable bonds is 4. The first-order valence-corrected chi connectivity index (χ1v) is 11.2. The van der Waals surface area contributed by atoms with Crippen LogP contribution in [0.1, 0.15) is 35.9 Å². The number of carbonyl (C=O) groups is 1. The van der Waals surface area contributed by atoms with E-state index in [1.165, 1.54) is 11.3 Å². The highest BCUT2D eigenvalue weighted by Gasteiger charge is 2.43. The van der Waals surface area contributed by atoms with Crippen molar-refractivity contribution < 1.29 is 17.9 Å². The number of esters is 1. The fourth-order valence-corrected chi connectivity index (χ4v) is 6.81. The van der Waals surface area contributed by atoms with Crippen LogP contribution in [0.5, 0.6) is 0 Å². The zero-order valence-corrected chi connectivity index (χ0v) is 16.2. The third-order valence-corrected chi connectivity index (χ3v) is 8.22. The molecule has 2 fully saturated rings. The summed E-state index contributed by atoms with van der Waals surface area (Å²) in [6, 6.07) is 6.94. The van der Waals surface area contributed by atoms with Gasteiger partial charge in [-0.15, -0.1) is 11.3 Å². The predicted octanol–water partition coefficient (Wildman–Crippen LogP) is 2.59. The van der Waals surface area contributed by atoms with E-state index in [-0.39, 0.29) is 18.1 Å². The number of thiophene rings is 1. The molecule has 3 heterocycles. The van der Waals surface area contributed by atoms with Gasteiger partial charge in [0.25, 0.3) is 0 Å². The molecule has 0 spiro atoms. The van der Waals surface area contributed by atoms with Gasteiger partial charge < -0.3 is 10.1 Å². The number of benzene rings is 1. The van der Waals surface area contributed by atoms with Crippen molar-refractivity contribution >= 4 is 37.4 Å². The Balaban J connectivity index is 1.70. The van der Waals surface area contributed by atoms with Crippen LogP contribution in [0.25, 0.3) is 10.1 Å². The predicted molar refractivity (Wildman–Crippen MR) is 101 cm³/mol. The zero-order valence-electron chi connectivity index (χ0n) is 14.6. The second-order valence-corrected chi connectivity index (χ2v) is 9.67. The Bertz CT molecular complexity index is 924. The number of nitrogens with one attached hydrogen (secondary N) is 1. The highest BCUT2D eigenvalue weighted by Crippen LogP contribution is 2.35. The first-order chi connectivity index (χ1) is 12.5. The van der Waals surface area contributed by atoms with Crippen LogP contribution in [0, 0.1) is 0 Å². The average molecular weight is 395 g/mol. The molecule has 8 heteroatoms. The van der Waals surface area contributed by atoms with Crippen molar-refractivity contribution in [2.24, 2.45) is 0 Å². The van der Waals surface area contributed by atoms with Crippen LogP contribution < -0.4 is 5.32 Å². The Labute approximate surface area is 157 Å². The lowest BCUT2D eigenvalue weighted by molar-refractivity contribution is 0.0532. The third-order valence-electron chi connectivity index (χ3n) is 5.13. The van der Waals surface area contributed by atoms with Crippen molar-refractivity contribution in [3.05, 3.63) is 29.1 Å². The first-order valence-electron chi connectivity index (χ1n) is 8.95. The first kappa shape index (κ1) is 17.9. The van der Waals surface area contributed by atoms with E-state index in [1.54, 1.807) is 35.5 Å². The van der Waals surface area contributed by atoms with Gasteiger partial charge in [0, 0.05) is 23.3 Å². The van der Waals surface area contributed by atoms with Gasteiger partial charge in [0.1, 0.15) is 4.88 Å². The number of carbonyl (C=O) groups excluding carboxylic acids is 1. The summed E-state index contributed by atoms with van der Waals surface area (Å²) in [6.45, 7) is 3.65. The maximum Gasteiger partial charge on any atom is 0.348 e. The minimum absolute atomic E-state index is 0.0285. The number of ether oxygens (including phenoxy) is 1. The molecule has 0 radical (unpaired) electrons. The minimum Gasteiger partial charge on any atom is -0.462 e. The summed E-state index contributed by atoms with van der Waals surface area (Å²) in [5, 5.41) is 4.10. The summed E-state index contributed by atoms with van der Waals surface area (Å²) in [6.07, 6.45) is 2.69. The standard InChI is InChI=1S/C18H22N2O4S2/c1-2-24-18(21)17-10-12-9-15(5-6-16(12)25-17)26(22,23)20-13-3-4-14(20)11-19-8-7-13/h5-6,9-10,13-14,19H,2-4,7-8,11H2,1H3. The molecule has 0 aliphatic carbocycles. The van der Waals surface area contributed by atoms with Crippen molar-refractivity contribution in [3.63, 3.8) is 0 Å². The van der Waals surface area contributed by atoms with Crippen molar-refractivity contribution in [2.75, 3.05) is 19.7 Å². The molecule has 2 aliphatic rings. The lowest BCUT2D eigenvalue weighted by Crippen LogP contribution is -2.42. The van der Waals surface area contributed by atoms with Gasteiger partial charge in [0.05, 0.1) is 11.5 Å². The Morgan fingerprint density at radius 1 is 1.27 bits per heavy atom. The maximum atomic E-state index is 13.3. The van der Waals surface area contributed by atoms with Gasteiger partial charge in [0.2, 0.25) is 10.0 Å². The number of nitrogens with zero attached hydrogens (tertiary/aromatic N) is 1. The van der Waals surface area contributed by atoms with E-state index in [0.29, 0.717) is 22.9 Å². The number of fused-ring (bicyclic) bond motifs is 3. The van der Waals surface area contributed by atoms with E-state index in [9.17, 15) is 13.2 Å². The van der Waals surface area contributed by atoms with E-state index in [0.717, 1.165) is 35.9 Å². The van der Waals surface area contributed by atoms with E-state index < -0.39 is 10.0 Å². The molecule has 1 aromatic heterocycles. The second kappa shape index (κ2) is 6.92. The van der Waals surface area contributed by atoms with Gasteiger partial charge in [-0.1, -0.05) is 0 Å².